The number of halogens is 1. The Labute approximate surface area is 158 Å². The molecule has 0 aliphatic carbocycles. The molecule has 1 unspecified atom stereocenters. The fraction of sp³-hybridized carbons (Fsp3) is 0.421. The molecule has 138 valence electrons. The van der Waals surface area contributed by atoms with Crippen molar-refractivity contribution in [1.29, 1.82) is 0 Å². The van der Waals surface area contributed by atoms with Gasteiger partial charge < -0.3 is 14.4 Å². The summed E-state index contributed by atoms with van der Waals surface area (Å²) < 4.78 is 1.90. The minimum absolute atomic E-state index is 0.0570. The van der Waals surface area contributed by atoms with Crippen LogP contribution < -0.4 is 0 Å². The second kappa shape index (κ2) is 7.91. The molecule has 26 heavy (non-hydrogen) atoms. The van der Waals surface area contributed by atoms with Crippen LogP contribution in [-0.4, -0.2) is 44.8 Å². The molecule has 2 amide bonds. The van der Waals surface area contributed by atoms with E-state index in [2.05, 4.69) is 4.98 Å². The number of amides is 2. The van der Waals surface area contributed by atoms with Gasteiger partial charge in [-0.1, -0.05) is 23.7 Å². The minimum Gasteiger partial charge on any atom is -0.338 e. The first kappa shape index (κ1) is 18.5. The van der Waals surface area contributed by atoms with Gasteiger partial charge in [0, 0.05) is 51.0 Å². The van der Waals surface area contributed by atoms with Gasteiger partial charge in [0.05, 0.1) is 12.5 Å². The van der Waals surface area contributed by atoms with Crippen molar-refractivity contribution in [2.45, 2.75) is 25.9 Å². The first-order valence-corrected chi connectivity index (χ1v) is 9.05. The highest BCUT2D eigenvalue weighted by molar-refractivity contribution is 6.30. The second-order valence-electron chi connectivity index (χ2n) is 6.79. The molecular weight excluding hydrogens is 352 g/mol. The van der Waals surface area contributed by atoms with Crippen molar-refractivity contribution >= 4 is 23.4 Å². The molecular formula is C19H23ClN4O2. The number of carbonyl (C=O) groups is 2. The predicted molar refractivity (Wildman–Crippen MR) is 99.3 cm³/mol. The molecule has 1 aromatic heterocycles. The molecule has 2 heterocycles. The number of rotatable bonds is 5. The number of imidazole rings is 1. The monoisotopic (exact) mass is 374 g/mol. The zero-order valence-electron chi connectivity index (χ0n) is 15.1. The van der Waals surface area contributed by atoms with Crippen molar-refractivity contribution in [3.05, 3.63) is 53.1 Å². The maximum Gasteiger partial charge on any atom is 0.227 e. The molecule has 1 aliphatic heterocycles. The van der Waals surface area contributed by atoms with E-state index in [0.29, 0.717) is 37.5 Å². The van der Waals surface area contributed by atoms with Gasteiger partial charge >= 0.3 is 0 Å². The Hall–Kier alpha value is -2.34. The van der Waals surface area contributed by atoms with Crippen LogP contribution in [0.1, 0.15) is 24.2 Å². The van der Waals surface area contributed by atoms with Crippen molar-refractivity contribution in [3.8, 4) is 0 Å². The lowest BCUT2D eigenvalue weighted by atomic mass is 9.95. The number of aryl methyl sites for hydroxylation is 1. The lowest BCUT2D eigenvalue weighted by Gasteiger charge is -2.34. The Balaban J connectivity index is 1.63. The van der Waals surface area contributed by atoms with Crippen LogP contribution in [0.4, 0.5) is 0 Å². The van der Waals surface area contributed by atoms with E-state index in [0.717, 1.165) is 11.4 Å². The molecule has 2 aromatic rings. The maximum absolute atomic E-state index is 12.8. The van der Waals surface area contributed by atoms with E-state index >= 15 is 0 Å². The van der Waals surface area contributed by atoms with E-state index in [9.17, 15) is 9.59 Å². The first-order chi connectivity index (χ1) is 12.4. The lowest BCUT2D eigenvalue weighted by Crippen LogP contribution is -2.45. The third-order valence-electron chi connectivity index (χ3n) is 4.81. The van der Waals surface area contributed by atoms with Crippen LogP contribution >= 0.6 is 11.6 Å². The minimum atomic E-state index is -0.176. The van der Waals surface area contributed by atoms with Crippen LogP contribution in [0, 0.1) is 5.92 Å². The number of piperidine rings is 1. The smallest absolute Gasteiger partial charge is 0.227 e. The third-order valence-corrected chi connectivity index (χ3v) is 5.06. The van der Waals surface area contributed by atoms with Gasteiger partial charge in [0.2, 0.25) is 11.8 Å². The summed E-state index contributed by atoms with van der Waals surface area (Å²) in [6.45, 7) is 1.41. The second-order valence-corrected chi connectivity index (χ2v) is 7.22. The topological polar surface area (TPSA) is 58.4 Å². The number of benzene rings is 1. The number of nitrogens with zero attached hydrogens (tertiary/aromatic N) is 4. The summed E-state index contributed by atoms with van der Waals surface area (Å²) in [5.74, 6) is 0.813. The molecule has 0 spiro atoms. The summed E-state index contributed by atoms with van der Waals surface area (Å²) in [6, 6.07) is 7.45. The highest BCUT2D eigenvalue weighted by Gasteiger charge is 2.32. The Kier molecular flexibility index (Phi) is 5.61. The van der Waals surface area contributed by atoms with Gasteiger partial charge in [0.1, 0.15) is 5.82 Å². The third kappa shape index (κ3) is 4.25. The fourth-order valence-corrected chi connectivity index (χ4v) is 3.36. The number of likely N-dealkylation sites (tertiary alicyclic amines) is 1. The number of hydrogen-bond acceptors (Lipinski definition) is 3. The highest BCUT2D eigenvalue weighted by atomic mass is 35.5. The Bertz CT molecular complexity index is 787. The summed E-state index contributed by atoms with van der Waals surface area (Å²) in [6.07, 6.45) is 4.58. The average molecular weight is 375 g/mol. The van der Waals surface area contributed by atoms with E-state index in [4.69, 9.17) is 11.6 Å². The molecule has 1 atom stereocenters. The van der Waals surface area contributed by atoms with Gasteiger partial charge in [0.15, 0.2) is 0 Å². The molecule has 0 N–H and O–H groups in total. The van der Waals surface area contributed by atoms with Gasteiger partial charge in [-0.25, -0.2) is 4.98 Å². The van der Waals surface area contributed by atoms with E-state index in [1.807, 2.05) is 42.1 Å². The van der Waals surface area contributed by atoms with Gasteiger partial charge in [0.25, 0.3) is 0 Å². The molecule has 1 saturated heterocycles. The van der Waals surface area contributed by atoms with Gasteiger partial charge in [-0.05, 0) is 24.1 Å². The van der Waals surface area contributed by atoms with Crippen molar-refractivity contribution in [2.75, 3.05) is 13.6 Å². The van der Waals surface area contributed by atoms with Crippen LogP contribution in [0.5, 0.6) is 0 Å². The van der Waals surface area contributed by atoms with E-state index in [-0.39, 0.29) is 17.7 Å². The Morgan fingerprint density at radius 3 is 2.73 bits per heavy atom. The van der Waals surface area contributed by atoms with Crippen LogP contribution in [-0.2, 0) is 29.7 Å². The molecule has 1 aromatic carbocycles. The average Bonchev–Trinajstić information content (AvgIpc) is 3.03. The van der Waals surface area contributed by atoms with Crippen LogP contribution in [0.25, 0.3) is 0 Å². The molecule has 0 radical (unpaired) electrons. The van der Waals surface area contributed by atoms with E-state index in [1.54, 1.807) is 23.0 Å². The van der Waals surface area contributed by atoms with Crippen molar-refractivity contribution in [1.82, 2.24) is 19.4 Å². The van der Waals surface area contributed by atoms with Gasteiger partial charge in [-0.3, -0.25) is 9.59 Å². The van der Waals surface area contributed by atoms with Crippen molar-refractivity contribution < 1.29 is 9.59 Å². The normalized spacial score (nSPS) is 17.4. The molecule has 0 saturated carbocycles. The molecule has 3 rings (SSSR count). The SMILES string of the molecule is CN(Cc1nccn1C)C(=O)C1CCC(=O)N(Cc2ccc(Cl)cc2)C1. The Morgan fingerprint density at radius 2 is 2.08 bits per heavy atom. The van der Waals surface area contributed by atoms with Crippen molar-refractivity contribution in [3.63, 3.8) is 0 Å². The van der Waals surface area contributed by atoms with E-state index in [1.165, 1.54) is 0 Å². The highest BCUT2D eigenvalue weighted by Crippen LogP contribution is 2.22. The quantitative estimate of drug-likeness (QED) is 0.807. The summed E-state index contributed by atoms with van der Waals surface area (Å²) >= 11 is 5.91. The summed E-state index contributed by atoms with van der Waals surface area (Å²) in [7, 11) is 3.70. The maximum atomic E-state index is 12.8. The molecule has 7 heteroatoms. The van der Waals surface area contributed by atoms with Gasteiger partial charge in [-0.2, -0.15) is 0 Å². The lowest BCUT2D eigenvalue weighted by molar-refractivity contribution is -0.143. The standard InChI is InChI=1S/C19H23ClN4O2/c1-22-10-9-21-17(22)13-23(2)19(26)15-5-8-18(25)24(12-15)11-14-3-6-16(20)7-4-14/h3-4,6-7,9-10,15H,5,8,11-13H2,1-2H3. The summed E-state index contributed by atoms with van der Waals surface area (Å²) in [5, 5.41) is 0.669. The molecule has 0 bridgehead atoms. The molecule has 1 fully saturated rings. The molecule has 1 aliphatic rings. The zero-order valence-corrected chi connectivity index (χ0v) is 15.8. The van der Waals surface area contributed by atoms with Crippen molar-refractivity contribution in [2.24, 2.45) is 13.0 Å². The largest absolute Gasteiger partial charge is 0.338 e. The number of aromatic nitrogens is 2. The van der Waals surface area contributed by atoms with Gasteiger partial charge in [-0.15, -0.1) is 0 Å². The summed E-state index contributed by atoms with van der Waals surface area (Å²) in [5.41, 5.74) is 1.01. The number of hydrogen-bond donors (Lipinski definition) is 0. The predicted octanol–water partition coefficient (Wildman–Crippen LogP) is 2.47. The summed E-state index contributed by atoms with van der Waals surface area (Å²) in [4.78, 5) is 32.8. The van der Waals surface area contributed by atoms with Crippen LogP contribution in [0.15, 0.2) is 36.7 Å². The molecule has 6 nitrogen and oxygen atoms in total. The van der Waals surface area contributed by atoms with E-state index < -0.39 is 0 Å². The van der Waals surface area contributed by atoms with Crippen LogP contribution in [0.3, 0.4) is 0 Å². The number of carbonyl (C=O) groups excluding carboxylic acids is 2. The first-order valence-electron chi connectivity index (χ1n) is 8.67. The fourth-order valence-electron chi connectivity index (χ4n) is 3.23. The zero-order chi connectivity index (χ0) is 18.7. The van der Waals surface area contributed by atoms with Crippen LogP contribution in [0.2, 0.25) is 5.02 Å². The Morgan fingerprint density at radius 1 is 1.35 bits per heavy atom.